The van der Waals surface area contributed by atoms with Crippen LogP contribution in [0.3, 0.4) is 0 Å². The average Bonchev–Trinajstić information content (AvgIpc) is 2.97. The van der Waals surface area contributed by atoms with Gasteiger partial charge in [-0.2, -0.15) is 0 Å². The number of amides is 1. The third kappa shape index (κ3) is 3.62. The smallest absolute Gasteiger partial charge is 0.408 e. The summed E-state index contributed by atoms with van der Waals surface area (Å²) in [5.74, 6) is -0.785. The minimum Gasteiger partial charge on any atom is -0.408 e. The van der Waals surface area contributed by atoms with Crippen molar-refractivity contribution >= 4 is 28.6 Å². The number of aromatic nitrogens is 1. The van der Waals surface area contributed by atoms with Crippen molar-refractivity contribution in [2.24, 2.45) is 0 Å². The molecule has 2 heterocycles. The van der Waals surface area contributed by atoms with Crippen LogP contribution in [0.4, 0.5) is 4.39 Å². The number of hydrogen-bond donors (Lipinski definition) is 0. The number of carbonyl (C=O) groups excluding carboxylic acids is 1. The molecule has 0 atom stereocenters. The fourth-order valence-electron chi connectivity index (χ4n) is 3.66. The zero-order valence-corrected chi connectivity index (χ0v) is 15.3. The number of hydrogen-bond acceptors (Lipinski definition) is 3. The molecule has 1 aliphatic rings. The van der Waals surface area contributed by atoms with Crippen LogP contribution in [0.15, 0.2) is 51.7 Å². The topological polar surface area (TPSA) is 55.5 Å². The van der Waals surface area contributed by atoms with Crippen LogP contribution in [-0.4, -0.2) is 28.5 Å². The van der Waals surface area contributed by atoms with E-state index in [4.69, 9.17) is 16.0 Å². The number of likely N-dealkylation sites (tertiary alicyclic amines) is 1. The van der Waals surface area contributed by atoms with Crippen molar-refractivity contribution in [1.29, 1.82) is 0 Å². The van der Waals surface area contributed by atoms with E-state index in [1.807, 2.05) is 0 Å². The van der Waals surface area contributed by atoms with E-state index in [0.29, 0.717) is 47.6 Å². The summed E-state index contributed by atoms with van der Waals surface area (Å²) >= 11 is 6.06. The summed E-state index contributed by atoms with van der Waals surface area (Å²) in [6.45, 7) is 1.08. The molecule has 0 bridgehead atoms. The van der Waals surface area contributed by atoms with E-state index in [2.05, 4.69) is 0 Å². The van der Waals surface area contributed by atoms with Gasteiger partial charge in [-0.25, -0.2) is 9.18 Å². The molecule has 0 spiro atoms. The standard InChI is InChI=1S/C20H18ClFN2O3/c21-14-4-5-18-17(12-14)24(20(26)27-18)16-6-8-23(9-7-16)19(25)11-13-2-1-3-15(22)10-13/h1-5,10,12,16H,6-9,11H2. The molecule has 0 radical (unpaired) electrons. The van der Waals surface area contributed by atoms with Gasteiger partial charge in [-0.1, -0.05) is 23.7 Å². The van der Waals surface area contributed by atoms with E-state index < -0.39 is 5.76 Å². The number of nitrogens with zero attached hydrogens (tertiary/aromatic N) is 2. The molecule has 0 N–H and O–H groups in total. The zero-order chi connectivity index (χ0) is 19.0. The highest BCUT2D eigenvalue weighted by molar-refractivity contribution is 6.31. The Morgan fingerprint density at radius 2 is 1.96 bits per heavy atom. The number of rotatable bonds is 3. The second kappa shape index (κ2) is 7.19. The molecule has 0 unspecified atom stereocenters. The summed E-state index contributed by atoms with van der Waals surface area (Å²) in [7, 11) is 0. The summed E-state index contributed by atoms with van der Waals surface area (Å²) < 4.78 is 20.2. The first-order valence-electron chi connectivity index (χ1n) is 8.84. The molecule has 1 aromatic heterocycles. The Balaban J connectivity index is 1.46. The fraction of sp³-hybridized carbons (Fsp3) is 0.300. The van der Waals surface area contributed by atoms with Crippen molar-refractivity contribution in [1.82, 2.24) is 9.47 Å². The molecule has 1 amide bonds. The van der Waals surface area contributed by atoms with Gasteiger partial charge in [0, 0.05) is 24.2 Å². The van der Waals surface area contributed by atoms with Gasteiger partial charge >= 0.3 is 5.76 Å². The molecule has 7 heteroatoms. The summed E-state index contributed by atoms with van der Waals surface area (Å²) in [5.41, 5.74) is 1.85. The molecule has 140 valence electrons. The van der Waals surface area contributed by atoms with Gasteiger partial charge < -0.3 is 9.32 Å². The van der Waals surface area contributed by atoms with Gasteiger partial charge in [-0.3, -0.25) is 9.36 Å². The monoisotopic (exact) mass is 388 g/mol. The highest BCUT2D eigenvalue weighted by Gasteiger charge is 2.27. The van der Waals surface area contributed by atoms with Crippen molar-refractivity contribution in [3.63, 3.8) is 0 Å². The van der Waals surface area contributed by atoms with E-state index >= 15 is 0 Å². The Hall–Kier alpha value is -2.60. The van der Waals surface area contributed by atoms with Gasteiger partial charge in [-0.05, 0) is 48.7 Å². The van der Waals surface area contributed by atoms with Crippen LogP contribution < -0.4 is 5.76 Å². The normalized spacial score (nSPS) is 15.4. The molecule has 1 saturated heterocycles. The maximum Gasteiger partial charge on any atom is 0.420 e. The van der Waals surface area contributed by atoms with E-state index in [1.165, 1.54) is 12.1 Å². The third-order valence-corrected chi connectivity index (χ3v) is 5.24. The highest BCUT2D eigenvalue weighted by Crippen LogP contribution is 2.27. The zero-order valence-electron chi connectivity index (χ0n) is 14.5. The van der Waals surface area contributed by atoms with Crippen molar-refractivity contribution in [2.75, 3.05) is 13.1 Å². The first-order valence-corrected chi connectivity index (χ1v) is 9.22. The lowest BCUT2D eigenvalue weighted by atomic mass is 10.0. The van der Waals surface area contributed by atoms with Crippen LogP contribution in [0.5, 0.6) is 0 Å². The predicted molar refractivity (Wildman–Crippen MR) is 100 cm³/mol. The maximum absolute atomic E-state index is 13.3. The molecule has 3 aromatic rings. The lowest BCUT2D eigenvalue weighted by Crippen LogP contribution is -2.41. The van der Waals surface area contributed by atoms with Gasteiger partial charge in [0.05, 0.1) is 11.9 Å². The van der Waals surface area contributed by atoms with Crippen LogP contribution in [0.2, 0.25) is 5.02 Å². The second-order valence-corrected chi connectivity index (χ2v) is 7.21. The molecule has 4 rings (SSSR count). The Morgan fingerprint density at radius 3 is 2.70 bits per heavy atom. The molecule has 2 aromatic carbocycles. The molecular formula is C20H18ClFN2O3. The SMILES string of the molecule is O=C(Cc1cccc(F)c1)N1CCC(n2c(=O)oc3ccc(Cl)cc32)CC1. The van der Waals surface area contributed by atoms with Crippen LogP contribution in [-0.2, 0) is 11.2 Å². The number of carbonyl (C=O) groups is 1. The molecule has 1 aliphatic heterocycles. The van der Waals surface area contributed by atoms with Crippen molar-refractivity contribution in [3.8, 4) is 0 Å². The lowest BCUT2D eigenvalue weighted by molar-refractivity contribution is -0.131. The summed E-state index contributed by atoms with van der Waals surface area (Å²) in [6.07, 6.45) is 1.47. The van der Waals surface area contributed by atoms with Crippen molar-refractivity contribution < 1.29 is 13.6 Å². The number of halogens is 2. The van der Waals surface area contributed by atoms with Crippen LogP contribution in [0, 0.1) is 5.82 Å². The quantitative estimate of drug-likeness (QED) is 0.686. The number of oxazole rings is 1. The minimum absolute atomic E-state index is 0.0357. The first-order chi connectivity index (χ1) is 13.0. The van der Waals surface area contributed by atoms with E-state index in [0.717, 1.165) is 0 Å². The van der Waals surface area contributed by atoms with E-state index in [9.17, 15) is 14.0 Å². The Bertz CT molecular complexity index is 1050. The fourth-order valence-corrected chi connectivity index (χ4v) is 3.83. The summed E-state index contributed by atoms with van der Waals surface area (Å²) in [6, 6.07) is 11.1. The van der Waals surface area contributed by atoms with Crippen molar-refractivity contribution in [2.45, 2.75) is 25.3 Å². The van der Waals surface area contributed by atoms with Crippen LogP contribution in [0.25, 0.3) is 11.1 Å². The molecule has 0 saturated carbocycles. The van der Waals surface area contributed by atoms with Gasteiger partial charge in [0.15, 0.2) is 5.58 Å². The highest BCUT2D eigenvalue weighted by atomic mass is 35.5. The average molecular weight is 389 g/mol. The summed E-state index contributed by atoms with van der Waals surface area (Å²) in [5, 5.41) is 0.541. The second-order valence-electron chi connectivity index (χ2n) is 6.77. The van der Waals surface area contributed by atoms with Gasteiger partial charge in [0.1, 0.15) is 5.82 Å². The third-order valence-electron chi connectivity index (χ3n) is 5.00. The number of fused-ring (bicyclic) bond motifs is 1. The molecule has 5 nitrogen and oxygen atoms in total. The molecule has 0 aliphatic carbocycles. The number of benzene rings is 2. The largest absolute Gasteiger partial charge is 0.420 e. The van der Waals surface area contributed by atoms with Gasteiger partial charge in [-0.15, -0.1) is 0 Å². The van der Waals surface area contributed by atoms with E-state index in [1.54, 1.807) is 39.8 Å². The van der Waals surface area contributed by atoms with Crippen LogP contribution >= 0.6 is 11.6 Å². The molecule has 1 fully saturated rings. The van der Waals surface area contributed by atoms with E-state index in [-0.39, 0.29) is 24.2 Å². The van der Waals surface area contributed by atoms with Crippen molar-refractivity contribution in [3.05, 3.63) is 69.4 Å². The maximum atomic E-state index is 13.3. The predicted octanol–water partition coefficient (Wildman–Crippen LogP) is 3.79. The Labute approximate surface area is 159 Å². The molecule has 27 heavy (non-hydrogen) atoms. The summed E-state index contributed by atoms with van der Waals surface area (Å²) in [4.78, 5) is 26.5. The Kier molecular flexibility index (Phi) is 4.74. The van der Waals surface area contributed by atoms with Crippen LogP contribution in [0.1, 0.15) is 24.4 Å². The Morgan fingerprint density at radius 1 is 1.19 bits per heavy atom. The van der Waals surface area contributed by atoms with Gasteiger partial charge in [0.2, 0.25) is 5.91 Å². The lowest BCUT2D eigenvalue weighted by Gasteiger charge is -2.32. The number of piperidine rings is 1. The minimum atomic E-state index is -0.406. The first kappa shape index (κ1) is 17.8. The van der Waals surface area contributed by atoms with Gasteiger partial charge in [0.25, 0.3) is 0 Å². The molecular weight excluding hydrogens is 371 g/mol.